The van der Waals surface area contributed by atoms with Crippen molar-refractivity contribution in [1.29, 1.82) is 0 Å². The van der Waals surface area contributed by atoms with Crippen LogP contribution in [-0.4, -0.2) is 54.5 Å². The second-order valence-corrected chi connectivity index (χ2v) is 11.4. The van der Waals surface area contributed by atoms with E-state index < -0.39 is 5.60 Å². The predicted molar refractivity (Wildman–Crippen MR) is 150 cm³/mol. The van der Waals surface area contributed by atoms with E-state index >= 15 is 0 Å². The van der Waals surface area contributed by atoms with E-state index in [0.29, 0.717) is 25.2 Å². The van der Waals surface area contributed by atoms with Gasteiger partial charge in [0.1, 0.15) is 12.2 Å². The van der Waals surface area contributed by atoms with Crippen LogP contribution < -0.4 is 0 Å². The molecule has 2 atom stereocenters. The third-order valence-electron chi connectivity index (χ3n) is 7.61. The molecule has 6 rings (SSSR count). The molecule has 3 aromatic rings. The first-order valence-electron chi connectivity index (χ1n) is 13.5. The number of fused-ring (bicyclic) bond motifs is 5. The summed E-state index contributed by atoms with van der Waals surface area (Å²) in [6, 6.07) is 23.8. The quantitative estimate of drug-likeness (QED) is 0.368. The van der Waals surface area contributed by atoms with Crippen molar-refractivity contribution in [1.82, 2.24) is 4.90 Å². The molecule has 0 aromatic heterocycles. The predicted octanol–water partition coefficient (Wildman–Crippen LogP) is 6.45. The van der Waals surface area contributed by atoms with E-state index in [1.54, 1.807) is 6.07 Å². The maximum atomic E-state index is 13.5. The van der Waals surface area contributed by atoms with Crippen LogP contribution >= 0.6 is 0 Å². The van der Waals surface area contributed by atoms with Crippen LogP contribution in [0.25, 0.3) is 16.7 Å². The number of carbonyl (C=O) groups is 2. The van der Waals surface area contributed by atoms with Crippen molar-refractivity contribution < 1.29 is 23.8 Å². The molecule has 1 aliphatic carbocycles. The monoisotopic (exact) mass is 523 g/mol. The third kappa shape index (κ3) is 4.97. The summed E-state index contributed by atoms with van der Waals surface area (Å²) < 4.78 is 17.4. The number of rotatable bonds is 4. The number of amides is 1. The van der Waals surface area contributed by atoms with Crippen molar-refractivity contribution >= 4 is 17.6 Å². The molecule has 6 nitrogen and oxygen atoms in total. The first-order valence-corrected chi connectivity index (χ1v) is 13.5. The lowest BCUT2D eigenvalue weighted by molar-refractivity contribution is -0.0331. The Labute approximate surface area is 229 Å². The van der Waals surface area contributed by atoms with E-state index in [-0.39, 0.29) is 36.7 Å². The van der Waals surface area contributed by atoms with Crippen LogP contribution in [0, 0.1) is 0 Å². The van der Waals surface area contributed by atoms with Crippen LogP contribution in [0.2, 0.25) is 0 Å². The Bertz CT molecular complexity index is 1410. The Morgan fingerprint density at radius 2 is 1.62 bits per heavy atom. The zero-order valence-electron chi connectivity index (χ0n) is 22.6. The molecule has 1 fully saturated rings. The maximum absolute atomic E-state index is 13.5. The van der Waals surface area contributed by atoms with Gasteiger partial charge in [0.2, 0.25) is 0 Å². The maximum Gasteiger partial charge on any atom is 0.410 e. The Morgan fingerprint density at radius 1 is 0.923 bits per heavy atom. The number of ether oxygens (including phenoxy) is 3. The van der Waals surface area contributed by atoms with Crippen molar-refractivity contribution in [3.05, 3.63) is 101 Å². The normalized spacial score (nSPS) is 20.1. The van der Waals surface area contributed by atoms with Crippen molar-refractivity contribution in [2.24, 2.45) is 0 Å². The highest BCUT2D eigenvalue weighted by Crippen LogP contribution is 2.44. The molecule has 0 spiro atoms. The molecule has 2 bridgehead atoms. The molecule has 0 saturated carbocycles. The minimum atomic E-state index is -0.560. The van der Waals surface area contributed by atoms with E-state index in [9.17, 15) is 9.59 Å². The van der Waals surface area contributed by atoms with E-state index in [1.807, 2.05) is 68.1 Å². The van der Waals surface area contributed by atoms with Gasteiger partial charge in [0.25, 0.3) is 0 Å². The van der Waals surface area contributed by atoms with Crippen LogP contribution in [0.3, 0.4) is 0 Å². The number of benzene rings is 3. The Morgan fingerprint density at radius 3 is 2.28 bits per heavy atom. The van der Waals surface area contributed by atoms with Crippen LogP contribution in [-0.2, 0) is 14.2 Å². The van der Waals surface area contributed by atoms with E-state index in [2.05, 4.69) is 30.3 Å². The summed E-state index contributed by atoms with van der Waals surface area (Å²) in [7, 11) is 0. The van der Waals surface area contributed by atoms with Gasteiger partial charge in [-0.25, -0.2) is 9.59 Å². The van der Waals surface area contributed by atoms with Crippen LogP contribution in [0.1, 0.15) is 60.2 Å². The first-order chi connectivity index (χ1) is 18.8. The van der Waals surface area contributed by atoms with Gasteiger partial charge in [0.15, 0.2) is 0 Å². The summed E-state index contributed by atoms with van der Waals surface area (Å²) >= 11 is 0. The van der Waals surface area contributed by atoms with Gasteiger partial charge in [-0.2, -0.15) is 0 Å². The number of carbonyl (C=O) groups excluding carboxylic acids is 2. The highest BCUT2D eigenvalue weighted by Gasteiger charge is 2.40. The molecule has 1 amide bonds. The molecule has 0 radical (unpaired) electrons. The summed E-state index contributed by atoms with van der Waals surface area (Å²) in [5, 5.41) is 0. The van der Waals surface area contributed by atoms with Crippen LogP contribution in [0.4, 0.5) is 4.79 Å². The standard InChI is InChI=1S/C33H33NO5/c1-33(2,3)39-31(35)22-10-8-9-21(15-22)23-16-24-18-37-19-25(17-23)34(24)32(36)38-20-30-28-13-6-4-11-26(28)27-12-5-7-14-29(27)30/h4-16,24-25,30H,17-20H2,1-3H3. The largest absolute Gasteiger partial charge is 0.456 e. The smallest absolute Gasteiger partial charge is 0.410 e. The van der Waals surface area contributed by atoms with Gasteiger partial charge >= 0.3 is 12.1 Å². The number of hydrogen-bond acceptors (Lipinski definition) is 5. The molecule has 3 aromatic carbocycles. The van der Waals surface area contributed by atoms with Crippen molar-refractivity contribution in [2.75, 3.05) is 19.8 Å². The lowest BCUT2D eigenvalue weighted by atomic mass is 9.89. The first kappa shape index (κ1) is 25.4. The summed E-state index contributed by atoms with van der Waals surface area (Å²) in [6.45, 7) is 6.73. The lowest BCUT2D eigenvalue weighted by Gasteiger charge is -2.44. The number of nitrogens with zero attached hydrogens (tertiary/aromatic N) is 1. The molecule has 3 aliphatic rings. The molecular weight excluding hydrogens is 490 g/mol. The summed E-state index contributed by atoms with van der Waals surface area (Å²) in [5.74, 6) is -0.325. The molecule has 2 aliphatic heterocycles. The van der Waals surface area contributed by atoms with Crippen molar-refractivity contribution in [3.63, 3.8) is 0 Å². The topological polar surface area (TPSA) is 65.1 Å². The Balaban J connectivity index is 1.19. The van der Waals surface area contributed by atoms with Gasteiger partial charge in [0.05, 0.1) is 30.9 Å². The molecule has 1 saturated heterocycles. The minimum Gasteiger partial charge on any atom is -0.456 e. The second-order valence-electron chi connectivity index (χ2n) is 11.4. The fraction of sp³-hybridized carbons (Fsp3) is 0.333. The summed E-state index contributed by atoms with van der Waals surface area (Å²) in [6.07, 6.45) is 2.39. The molecule has 2 heterocycles. The van der Waals surface area contributed by atoms with Gasteiger partial charge < -0.3 is 14.2 Å². The highest BCUT2D eigenvalue weighted by molar-refractivity contribution is 5.91. The van der Waals surface area contributed by atoms with Crippen LogP contribution in [0.5, 0.6) is 0 Å². The second kappa shape index (κ2) is 10.0. The SMILES string of the molecule is CC(C)(C)OC(=O)c1cccc(C2=CC3COCC(C2)N3C(=O)OCC2c3ccccc3-c3ccccc32)c1. The fourth-order valence-corrected chi connectivity index (χ4v) is 5.95. The molecule has 2 unspecified atom stereocenters. The zero-order valence-corrected chi connectivity index (χ0v) is 22.6. The number of hydrogen-bond donors (Lipinski definition) is 0. The average Bonchev–Trinajstić information content (AvgIpc) is 3.24. The highest BCUT2D eigenvalue weighted by atomic mass is 16.6. The number of esters is 1. The summed E-state index contributed by atoms with van der Waals surface area (Å²) in [5.41, 5.74) is 6.82. The number of morpholine rings is 1. The minimum absolute atomic E-state index is 0.0175. The van der Waals surface area contributed by atoms with Gasteiger partial charge in [-0.1, -0.05) is 66.7 Å². The molecule has 0 N–H and O–H groups in total. The van der Waals surface area contributed by atoms with Gasteiger partial charge in [-0.05, 0) is 72.7 Å². The van der Waals surface area contributed by atoms with Gasteiger partial charge in [-0.15, -0.1) is 0 Å². The van der Waals surface area contributed by atoms with Crippen LogP contribution in [0.15, 0.2) is 78.9 Å². The van der Waals surface area contributed by atoms with Crippen molar-refractivity contribution in [2.45, 2.75) is 50.8 Å². The molecule has 6 heteroatoms. The van der Waals surface area contributed by atoms with Crippen molar-refractivity contribution in [3.8, 4) is 11.1 Å². The third-order valence-corrected chi connectivity index (χ3v) is 7.61. The lowest BCUT2D eigenvalue weighted by Crippen LogP contribution is -2.56. The van der Waals surface area contributed by atoms with E-state index in [1.165, 1.54) is 22.3 Å². The van der Waals surface area contributed by atoms with E-state index in [0.717, 1.165) is 11.1 Å². The molecular formula is C33H33NO5. The Hall–Kier alpha value is -3.90. The average molecular weight is 524 g/mol. The van der Waals surface area contributed by atoms with Gasteiger partial charge in [0, 0.05) is 5.92 Å². The zero-order chi connectivity index (χ0) is 27.1. The fourth-order valence-electron chi connectivity index (χ4n) is 5.95. The van der Waals surface area contributed by atoms with Gasteiger partial charge in [-0.3, -0.25) is 4.90 Å². The summed E-state index contributed by atoms with van der Waals surface area (Å²) in [4.78, 5) is 27.9. The Kier molecular flexibility index (Phi) is 6.51. The van der Waals surface area contributed by atoms with E-state index in [4.69, 9.17) is 14.2 Å². The molecule has 200 valence electrons. The molecule has 39 heavy (non-hydrogen) atoms.